The van der Waals surface area contributed by atoms with Gasteiger partial charge in [0.15, 0.2) is 0 Å². The van der Waals surface area contributed by atoms with E-state index < -0.39 is 0 Å². The summed E-state index contributed by atoms with van der Waals surface area (Å²) in [7, 11) is 2.14. The van der Waals surface area contributed by atoms with E-state index in [0.29, 0.717) is 28.3 Å². The van der Waals surface area contributed by atoms with Gasteiger partial charge in [-0.2, -0.15) is 0 Å². The molecule has 5 rings (SSSR count). The summed E-state index contributed by atoms with van der Waals surface area (Å²) in [4.78, 5) is 15.3. The predicted molar refractivity (Wildman–Crippen MR) is 139 cm³/mol. The van der Waals surface area contributed by atoms with Crippen molar-refractivity contribution in [2.24, 2.45) is 0 Å². The second-order valence-electron chi connectivity index (χ2n) is 8.54. The lowest BCUT2D eigenvalue weighted by atomic mass is 10.1. The number of likely N-dealkylation sites (tertiary alicyclic amines) is 1. The summed E-state index contributed by atoms with van der Waals surface area (Å²) in [5.41, 5.74) is 2.50. The first-order valence-corrected chi connectivity index (χ1v) is 12.2. The number of pyridine rings is 1. The average molecular weight is 510 g/mol. The van der Waals surface area contributed by atoms with Crippen LogP contribution in [0.25, 0.3) is 10.9 Å². The molecular formula is C26H25Cl2N5O2. The van der Waals surface area contributed by atoms with E-state index in [1.54, 1.807) is 18.6 Å². The van der Waals surface area contributed by atoms with Crippen LogP contribution in [0.3, 0.4) is 0 Å². The minimum absolute atomic E-state index is 0.173. The zero-order valence-corrected chi connectivity index (χ0v) is 20.8. The fraction of sp³-hybridized carbons (Fsp3) is 0.269. The quantitative estimate of drug-likeness (QED) is 0.300. The number of hydrogen-bond acceptors (Lipinski definition) is 7. The maximum atomic E-state index is 6.51. The molecule has 2 aromatic carbocycles. The molecule has 0 bridgehead atoms. The number of fused-ring (bicyclic) bond motifs is 1. The van der Waals surface area contributed by atoms with Gasteiger partial charge < -0.3 is 19.7 Å². The van der Waals surface area contributed by atoms with Gasteiger partial charge in [0.05, 0.1) is 15.9 Å². The van der Waals surface area contributed by atoms with E-state index in [0.717, 1.165) is 53.8 Å². The van der Waals surface area contributed by atoms with Crippen LogP contribution in [0.15, 0.2) is 61.1 Å². The molecule has 0 aliphatic carbocycles. The third-order valence-corrected chi connectivity index (χ3v) is 6.48. The van der Waals surface area contributed by atoms with Crippen LogP contribution in [0, 0.1) is 0 Å². The van der Waals surface area contributed by atoms with Crippen molar-refractivity contribution in [2.45, 2.75) is 25.6 Å². The zero-order valence-electron chi connectivity index (χ0n) is 19.2. The van der Waals surface area contributed by atoms with E-state index in [1.165, 1.54) is 0 Å². The lowest BCUT2D eigenvalue weighted by molar-refractivity contribution is 0.116. The summed E-state index contributed by atoms with van der Waals surface area (Å²) in [6.07, 6.45) is 5.38. The Bertz CT molecular complexity index is 1310. The topological polar surface area (TPSA) is 72.4 Å². The fourth-order valence-electron chi connectivity index (χ4n) is 4.04. The maximum absolute atomic E-state index is 6.51. The van der Waals surface area contributed by atoms with E-state index in [4.69, 9.17) is 32.7 Å². The number of piperidine rings is 1. The molecule has 180 valence electrons. The normalized spacial score (nSPS) is 14.7. The number of hydrogen-bond donors (Lipinski definition) is 1. The van der Waals surface area contributed by atoms with Crippen LogP contribution in [-0.2, 0) is 6.61 Å². The van der Waals surface area contributed by atoms with Gasteiger partial charge in [-0.3, -0.25) is 0 Å². The van der Waals surface area contributed by atoms with Crippen LogP contribution in [0.2, 0.25) is 10.2 Å². The first kappa shape index (κ1) is 23.6. The number of benzene rings is 2. The summed E-state index contributed by atoms with van der Waals surface area (Å²) in [6.45, 7) is 2.39. The van der Waals surface area contributed by atoms with Gasteiger partial charge in [0.1, 0.15) is 41.5 Å². The number of halogens is 2. The van der Waals surface area contributed by atoms with Crippen LogP contribution in [-0.4, -0.2) is 46.1 Å². The number of nitrogens with one attached hydrogen (secondary N) is 1. The first-order valence-electron chi connectivity index (χ1n) is 11.4. The van der Waals surface area contributed by atoms with Gasteiger partial charge in [-0.25, -0.2) is 15.0 Å². The molecule has 2 aromatic heterocycles. The van der Waals surface area contributed by atoms with Crippen LogP contribution in [0.5, 0.6) is 11.5 Å². The summed E-state index contributed by atoms with van der Waals surface area (Å²) < 4.78 is 12.3. The van der Waals surface area contributed by atoms with Crippen LogP contribution >= 0.6 is 23.2 Å². The minimum atomic E-state index is 0.173. The van der Waals surface area contributed by atoms with Gasteiger partial charge in [-0.15, -0.1) is 0 Å². The fourth-order valence-corrected chi connectivity index (χ4v) is 4.39. The Labute approximate surface area is 214 Å². The van der Waals surface area contributed by atoms with Crippen molar-refractivity contribution in [3.63, 3.8) is 0 Å². The third-order valence-electron chi connectivity index (χ3n) is 5.96. The second-order valence-corrected chi connectivity index (χ2v) is 9.34. The van der Waals surface area contributed by atoms with Crippen molar-refractivity contribution in [3.8, 4) is 11.5 Å². The van der Waals surface area contributed by atoms with Gasteiger partial charge in [-0.1, -0.05) is 35.3 Å². The van der Waals surface area contributed by atoms with E-state index in [-0.39, 0.29) is 6.10 Å². The SMILES string of the molecule is CN1CCC(Oc2cccc3ncnc(Nc4ccc(OCc5ccc(Cl)nc5)c(Cl)c4)c23)CC1. The average Bonchev–Trinajstić information content (AvgIpc) is 2.86. The monoisotopic (exact) mass is 509 g/mol. The number of ether oxygens (including phenoxy) is 2. The Morgan fingerprint density at radius 2 is 1.86 bits per heavy atom. The molecule has 9 heteroatoms. The van der Waals surface area contributed by atoms with Gasteiger partial charge >= 0.3 is 0 Å². The molecule has 0 amide bonds. The highest BCUT2D eigenvalue weighted by Gasteiger charge is 2.20. The molecular weight excluding hydrogens is 485 g/mol. The summed E-state index contributed by atoms with van der Waals surface area (Å²) in [6, 6.07) is 15.0. The van der Waals surface area contributed by atoms with E-state index >= 15 is 0 Å². The minimum Gasteiger partial charge on any atom is -0.489 e. The van der Waals surface area contributed by atoms with Crippen molar-refractivity contribution in [1.29, 1.82) is 0 Å². The molecule has 4 aromatic rings. The molecule has 7 nitrogen and oxygen atoms in total. The first-order chi connectivity index (χ1) is 17.0. The highest BCUT2D eigenvalue weighted by atomic mass is 35.5. The summed E-state index contributed by atoms with van der Waals surface area (Å²) in [5, 5.41) is 5.15. The van der Waals surface area contributed by atoms with Crippen molar-refractivity contribution < 1.29 is 9.47 Å². The molecule has 1 aliphatic rings. The van der Waals surface area contributed by atoms with Gasteiger partial charge in [0, 0.05) is 30.5 Å². The number of aromatic nitrogens is 3. The van der Waals surface area contributed by atoms with Crippen molar-refractivity contribution >= 4 is 45.6 Å². The molecule has 3 heterocycles. The van der Waals surface area contributed by atoms with Crippen LogP contribution in [0.1, 0.15) is 18.4 Å². The molecule has 35 heavy (non-hydrogen) atoms. The molecule has 1 fully saturated rings. The highest BCUT2D eigenvalue weighted by molar-refractivity contribution is 6.32. The largest absolute Gasteiger partial charge is 0.489 e. The molecule has 0 atom stereocenters. The van der Waals surface area contributed by atoms with Crippen molar-refractivity contribution in [2.75, 3.05) is 25.5 Å². The Hall–Kier alpha value is -3.13. The molecule has 0 saturated carbocycles. The molecule has 1 aliphatic heterocycles. The number of nitrogens with zero attached hydrogens (tertiary/aromatic N) is 4. The summed E-state index contributed by atoms with van der Waals surface area (Å²) in [5.74, 6) is 2.02. The van der Waals surface area contributed by atoms with Crippen molar-refractivity contribution in [3.05, 3.63) is 76.8 Å². The smallest absolute Gasteiger partial charge is 0.145 e. The third kappa shape index (κ3) is 5.75. The lowest BCUT2D eigenvalue weighted by Crippen LogP contribution is -2.35. The standard InChI is InChI=1S/C26H25Cl2N5O2/c1-33-11-9-19(10-12-33)35-23-4-2-3-21-25(23)26(31-16-30-21)32-18-6-7-22(20(27)13-18)34-15-17-5-8-24(28)29-14-17/h2-8,13-14,16,19H,9-12,15H2,1H3,(H,30,31,32). The molecule has 0 unspecified atom stereocenters. The Kier molecular flexibility index (Phi) is 7.18. The number of rotatable bonds is 7. The molecule has 0 spiro atoms. The van der Waals surface area contributed by atoms with Crippen LogP contribution < -0.4 is 14.8 Å². The Balaban J connectivity index is 1.34. The predicted octanol–water partition coefficient (Wildman–Crippen LogP) is 6.13. The van der Waals surface area contributed by atoms with Gasteiger partial charge in [-0.05, 0) is 56.3 Å². The Morgan fingerprint density at radius 1 is 1.00 bits per heavy atom. The second kappa shape index (κ2) is 10.6. The highest BCUT2D eigenvalue weighted by Crippen LogP contribution is 2.35. The van der Waals surface area contributed by atoms with E-state index in [1.807, 2.05) is 42.5 Å². The number of anilines is 2. The lowest BCUT2D eigenvalue weighted by Gasteiger charge is -2.29. The molecule has 0 radical (unpaired) electrons. The van der Waals surface area contributed by atoms with E-state index in [9.17, 15) is 0 Å². The zero-order chi connectivity index (χ0) is 24.2. The molecule has 1 N–H and O–H groups in total. The maximum Gasteiger partial charge on any atom is 0.145 e. The summed E-state index contributed by atoms with van der Waals surface area (Å²) >= 11 is 12.4. The van der Waals surface area contributed by atoms with Gasteiger partial charge in [0.25, 0.3) is 0 Å². The van der Waals surface area contributed by atoms with E-state index in [2.05, 4.69) is 32.2 Å². The molecule has 1 saturated heterocycles. The Morgan fingerprint density at radius 3 is 2.63 bits per heavy atom. The van der Waals surface area contributed by atoms with Crippen LogP contribution in [0.4, 0.5) is 11.5 Å². The van der Waals surface area contributed by atoms with Gasteiger partial charge in [0.2, 0.25) is 0 Å². The van der Waals surface area contributed by atoms with Crippen molar-refractivity contribution in [1.82, 2.24) is 19.9 Å².